The lowest BCUT2D eigenvalue weighted by molar-refractivity contribution is -0.141. The summed E-state index contributed by atoms with van der Waals surface area (Å²) in [6.07, 6.45) is 1.82. The van der Waals surface area contributed by atoms with Gasteiger partial charge in [0, 0.05) is 25.4 Å². The summed E-state index contributed by atoms with van der Waals surface area (Å²) in [7, 11) is 0. The minimum absolute atomic E-state index is 0.229. The molecular weight excluding hydrogens is 224 g/mol. The lowest BCUT2D eigenvalue weighted by Crippen LogP contribution is -2.30. The summed E-state index contributed by atoms with van der Waals surface area (Å²) in [4.78, 5) is 37.5. The minimum atomic E-state index is -0.873. The topological polar surface area (TPSA) is 90.5 Å². The van der Waals surface area contributed by atoms with Gasteiger partial charge in [0.25, 0.3) is 5.91 Å². The van der Waals surface area contributed by atoms with E-state index in [1.54, 1.807) is 0 Å². The number of amides is 1. The molecule has 0 radical (unpaired) electrons. The molecule has 0 spiro atoms. The molecule has 0 aliphatic carbocycles. The van der Waals surface area contributed by atoms with Crippen LogP contribution in [0, 0.1) is 5.92 Å². The van der Waals surface area contributed by atoms with Gasteiger partial charge < -0.3 is 15.0 Å². The number of hydrogen-bond acceptors (Lipinski definition) is 3. The van der Waals surface area contributed by atoms with Crippen molar-refractivity contribution in [3.63, 3.8) is 0 Å². The Balaban J connectivity index is 2.09. The third-order valence-corrected chi connectivity index (χ3v) is 2.86. The molecule has 90 valence electrons. The number of aromatic amines is 1. The van der Waals surface area contributed by atoms with Crippen molar-refractivity contribution < 1.29 is 14.7 Å². The summed E-state index contributed by atoms with van der Waals surface area (Å²) in [5.74, 6) is -1.60. The number of carbonyl (C=O) groups is 2. The van der Waals surface area contributed by atoms with Crippen LogP contribution in [0.15, 0.2) is 23.1 Å². The molecule has 0 aromatic carbocycles. The van der Waals surface area contributed by atoms with Crippen LogP contribution in [0.3, 0.4) is 0 Å². The highest BCUT2D eigenvalue weighted by atomic mass is 16.4. The lowest BCUT2D eigenvalue weighted by Gasteiger charge is -2.15. The first kappa shape index (κ1) is 11.4. The van der Waals surface area contributed by atoms with Crippen molar-refractivity contribution in [1.29, 1.82) is 0 Å². The Morgan fingerprint density at radius 2 is 2.18 bits per heavy atom. The number of rotatable bonds is 2. The molecule has 2 heterocycles. The van der Waals surface area contributed by atoms with E-state index in [9.17, 15) is 14.4 Å². The second-order valence-corrected chi connectivity index (χ2v) is 4.02. The molecular formula is C11H12N2O4. The van der Waals surface area contributed by atoms with Gasteiger partial charge in [-0.25, -0.2) is 0 Å². The maximum atomic E-state index is 11.9. The summed E-state index contributed by atoms with van der Waals surface area (Å²) in [6, 6.07) is 2.72. The van der Waals surface area contributed by atoms with Gasteiger partial charge in [0.15, 0.2) is 0 Å². The third-order valence-electron chi connectivity index (χ3n) is 2.86. The molecule has 0 bridgehead atoms. The van der Waals surface area contributed by atoms with Crippen molar-refractivity contribution in [2.75, 3.05) is 13.1 Å². The van der Waals surface area contributed by atoms with Crippen molar-refractivity contribution in [3.8, 4) is 0 Å². The Morgan fingerprint density at radius 1 is 1.41 bits per heavy atom. The number of carboxylic acids is 1. The molecule has 6 nitrogen and oxygen atoms in total. The molecule has 1 amide bonds. The third kappa shape index (κ3) is 2.35. The first-order chi connectivity index (χ1) is 8.08. The zero-order chi connectivity index (χ0) is 12.4. The van der Waals surface area contributed by atoms with Crippen molar-refractivity contribution in [1.82, 2.24) is 9.88 Å². The highest BCUT2D eigenvalue weighted by molar-refractivity contribution is 5.94. The summed E-state index contributed by atoms with van der Waals surface area (Å²) in [5.41, 5.74) is 0.0991. The molecule has 1 saturated heterocycles. The zero-order valence-corrected chi connectivity index (χ0v) is 9.05. The average molecular weight is 236 g/mol. The Labute approximate surface area is 96.9 Å². The quantitative estimate of drug-likeness (QED) is 0.751. The molecule has 2 rings (SSSR count). The summed E-state index contributed by atoms with van der Waals surface area (Å²) >= 11 is 0. The molecule has 6 heteroatoms. The number of carbonyl (C=O) groups excluding carboxylic acids is 1. The second-order valence-electron chi connectivity index (χ2n) is 4.02. The van der Waals surface area contributed by atoms with Gasteiger partial charge in [-0.05, 0) is 12.5 Å². The van der Waals surface area contributed by atoms with Crippen molar-refractivity contribution >= 4 is 11.9 Å². The highest BCUT2D eigenvalue weighted by Crippen LogP contribution is 2.18. The van der Waals surface area contributed by atoms with Gasteiger partial charge in [0.05, 0.1) is 11.5 Å². The molecule has 0 saturated carbocycles. The summed E-state index contributed by atoms with van der Waals surface area (Å²) < 4.78 is 0. The van der Waals surface area contributed by atoms with E-state index in [0.29, 0.717) is 18.5 Å². The van der Waals surface area contributed by atoms with Crippen LogP contribution in [0.5, 0.6) is 0 Å². The number of aliphatic carboxylic acids is 1. The average Bonchev–Trinajstić information content (AvgIpc) is 2.78. The molecule has 0 unspecified atom stereocenters. The number of H-pyrrole nitrogens is 1. The molecule has 1 fully saturated rings. The molecule has 1 aliphatic rings. The fourth-order valence-electron chi connectivity index (χ4n) is 1.87. The Morgan fingerprint density at radius 3 is 2.71 bits per heavy atom. The number of nitrogens with zero attached hydrogens (tertiary/aromatic N) is 1. The molecule has 17 heavy (non-hydrogen) atoms. The Hall–Kier alpha value is -2.11. The minimum Gasteiger partial charge on any atom is -0.481 e. The fourth-order valence-corrected chi connectivity index (χ4v) is 1.87. The van der Waals surface area contributed by atoms with Gasteiger partial charge in [0.1, 0.15) is 0 Å². The standard InChI is InChI=1S/C11H12N2O4/c14-9-2-1-7(5-12-9)10(15)13-4-3-8(6-13)11(16)17/h1-2,5,8H,3-4,6H2,(H,12,14)(H,16,17)/t8-/m1/s1. The first-order valence-corrected chi connectivity index (χ1v) is 5.29. The van der Waals surface area contributed by atoms with Crippen LogP contribution >= 0.6 is 0 Å². The number of likely N-dealkylation sites (tertiary alicyclic amines) is 1. The lowest BCUT2D eigenvalue weighted by atomic mass is 10.1. The van der Waals surface area contributed by atoms with Crippen molar-refractivity contribution in [3.05, 3.63) is 34.2 Å². The van der Waals surface area contributed by atoms with Crippen LogP contribution in [0.25, 0.3) is 0 Å². The van der Waals surface area contributed by atoms with Crippen LogP contribution in [0.4, 0.5) is 0 Å². The van der Waals surface area contributed by atoms with Crippen LogP contribution in [0.2, 0.25) is 0 Å². The van der Waals surface area contributed by atoms with Crippen LogP contribution in [-0.4, -0.2) is 40.0 Å². The summed E-state index contributed by atoms with van der Waals surface area (Å²) in [6.45, 7) is 0.669. The number of nitrogens with one attached hydrogen (secondary N) is 1. The van der Waals surface area contributed by atoms with E-state index < -0.39 is 11.9 Å². The Bertz CT molecular complexity index is 488. The SMILES string of the molecule is O=C(O)[C@@H]1CCN(C(=O)c2ccc(=O)[nH]c2)C1. The van der Waals surface area contributed by atoms with Gasteiger partial charge in [-0.2, -0.15) is 0 Å². The predicted molar refractivity (Wildman–Crippen MR) is 58.7 cm³/mol. The van der Waals surface area contributed by atoms with Crippen molar-refractivity contribution in [2.45, 2.75) is 6.42 Å². The van der Waals surface area contributed by atoms with E-state index in [1.165, 1.54) is 23.2 Å². The van der Waals surface area contributed by atoms with Gasteiger partial charge >= 0.3 is 5.97 Å². The number of hydrogen-bond donors (Lipinski definition) is 2. The normalized spacial score (nSPS) is 19.3. The van der Waals surface area contributed by atoms with E-state index in [-0.39, 0.29) is 18.0 Å². The van der Waals surface area contributed by atoms with Crippen molar-refractivity contribution in [2.24, 2.45) is 5.92 Å². The molecule has 1 aliphatic heterocycles. The number of pyridine rings is 1. The van der Waals surface area contributed by atoms with Gasteiger partial charge in [-0.3, -0.25) is 14.4 Å². The predicted octanol–water partition coefficient (Wildman–Crippen LogP) is -0.0784. The highest BCUT2D eigenvalue weighted by Gasteiger charge is 2.31. The number of carboxylic acid groups (broad SMARTS) is 1. The van der Waals surface area contributed by atoms with Crippen LogP contribution < -0.4 is 5.56 Å². The molecule has 2 N–H and O–H groups in total. The largest absolute Gasteiger partial charge is 0.481 e. The van der Waals surface area contributed by atoms with Gasteiger partial charge in [0.2, 0.25) is 5.56 Å². The van der Waals surface area contributed by atoms with E-state index in [0.717, 1.165) is 0 Å². The monoisotopic (exact) mass is 236 g/mol. The zero-order valence-electron chi connectivity index (χ0n) is 9.05. The molecule has 1 atom stereocenters. The fraction of sp³-hybridized carbons (Fsp3) is 0.364. The maximum Gasteiger partial charge on any atom is 0.308 e. The molecule has 1 aromatic rings. The van der Waals surface area contributed by atoms with Crippen LogP contribution in [-0.2, 0) is 4.79 Å². The van der Waals surface area contributed by atoms with E-state index in [4.69, 9.17) is 5.11 Å². The maximum absolute atomic E-state index is 11.9. The van der Waals surface area contributed by atoms with E-state index in [2.05, 4.69) is 4.98 Å². The van der Waals surface area contributed by atoms with E-state index >= 15 is 0 Å². The second kappa shape index (κ2) is 4.40. The smallest absolute Gasteiger partial charge is 0.308 e. The molecule has 1 aromatic heterocycles. The summed E-state index contributed by atoms with van der Waals surface area (Å²) in [5, 5.41) is 8.83. The first-order valence-electron chi connectivity index (χ1n) is 5.29. The van der Waals surface area contributed by atoms with Gasteiger partial charge in [-0.15, -0.1) is 0 Å². The number of aromatic nitrogens is 1. The van der Waals surface area contributed by atoms with Gasteiger partial charge in [-0.1, -0.05) is 0 Å². The van der Waals surface area contributed by atoms with E-state index in [1.807, 2.05) is 0 Å². The Kier molecular flexibility index (Phi) is 2.95. The van der Waals surface area contributed by atoms with Crippen LogP contribution in [0.1, 0.15) is 16.8 Å².